The number of alkyl halides is 1. The van der Waals surface area contributed by atoms with Crippen LogP contribution in [0.4, 0.5) is 5.69 Å². The number of nitrogens with zero attached hydrogens (tertiary/aromatic N) is 2. The lowest BCUT2D eigenvalue weighted by atomic mass is 10.1. The molecule has 3 rings (SSSR count). The molecule has 0 spiro atoms. The highest BCUT2D eigenvalue weighted by atomic mass is 35.5. The molecule has 2 heterocycles. The summed E-state index contributed by atoms with van der Waals surface area (Å²) in [5, 5.41) is 3.38. The zero-order chi connectivity index (χ0) is 14.3. The highest BCUT2D eigenvalue weighted by molar-refractivity contribution is 6.31. The molecule has 5 nitrogen and oxygen atoms in total. The number of halogens is 2. The first kappa shape index (κ1) is 13.4. The third-order valence-corrected chi connectivity index (χ3v) is 3.82. The van der Waals surface area contributed by atoms with Gasteiger partial charge in [-0.2, -0.15) is 4.99 Å². The van der Waals surface area contributed by atoms with Crippen LogP contribution in [-0.4, -0.2) is 29.7 Å². The number of hydrogen-bond acceptors (Lipinski definition) is 2. The van der Waals surface area contributed by atoms with E-state index in [-0.39, 0.29) is 23.9 Å². The van der Waals surface area contributed by atoms with Gasteiger partial charge >= 0.3 is 0 Å². The van der Waals surface area contributed by atoms with E-state index in [0.29, 0.717) is 29.3 Å². The van der Waals surface area contributed by atoms with E-state index in [1.807, 2.05) is 4.90 Å². The average Bonchev–Trinajstić information content (AvgIpc) is 2.82. The molecule has 1 saturated heterocycles. The maximum Gasteiger partial charge on any atom is 0.262 e. The van der Waals surface area contributed by atoms with Crippen LogP contribution < -0.4 is 10.2 Å². The third-order valence-electron chi connectivity index (χ3n) is 3.36. The molecular formula is C13H11Cl2N3O2. The Balaban J connectivity index is 2.07. The Morgan fingerprint density at radius 3 is 3.05 bits per heavy atom. The van der Waals surface area contributed by atoms with E-state index in [9.17, 15) is 9.59 Å². The number of amides is 2. The van der Waals surface area contributed by atoms with Gasteiger partial charge in [0, 0.05) is 11.4 Å². The summed E-state index contributed by atoms with van der Waals surface area (Å²) in [6.45, 7) is 0. The summed E-state index contributed by atoms with van der Waals surface area (Å²) in [6.07, 6.45) is 1.16. The second-order valence-electron chi connectivity index (χ2n) is 4.61. The minimum absolute atomic E-state index is 0.151. The van der Waals surface area contributed by atoms with Crippen molar-refractivity contribution in [1.29, 1.82) is 0 Å². The molecule has 20 heavy (non-hydrogen) atoms. The molecule has 7 heteroatoms. The van der Waals surface area contributed by atoms with E-state index in [1.54, 1.807) is 18.2 Å². The first-order chi connectivity index (χ1) is 9.60. The fourth-order valence-corrected chi connectivity index (χ4v) is 2.78. The molecule has 1 N–H and O–H groups in total. The predicted octanol–water partition coefficient (Wildman–Crippen LogP) is 2.17. The van der Waals surface area contributed by atoms with Gasteiger partial charge in [-0.3, -0.25) is 9.59 Å². The zero-order valence-electron chi connectivity index (χ0n) is 10.4. The third kappa shape index (κ3) is 2.17. The van der Waals surface area contributed by atoms with E-state index in [0.717, 1.165) is 5.69 Å². The Bertz CT molecular complexity index is 630. The summed E-state index contributed by atoms with van der Waals surface area (Å²) < 4.78 is 0. The molecule has 2 aliphatic heterocycles. The van der Waals surface area contributed by atoms with E-state index < -0.39 is 0 Å². The van der Waals surface area contributed by atoms with Crippen molar-refractivity contribution in [1.82, 2.24) is 5.32 Å². The molecule has 104 valence electrons. The highest BCUT2D eigenvalue weighted by Crippen LogP contribution is 2.34. The second kappa shape index (κ2) is 5.07. The number of anilines is 1. The Labute approximate surface area is 125 Å². The lowest BCUT2D eigenvalue weighted by molar-refractivity contribution is -0.115. The molecule has 1 atom stereocenters. The quantitative estimate of drug-likeness (QED) is 0.809. The lowest BCUT2D eigenvalue weighted by Crippen LogP contribution is -2.50. The van der Waals surface area contributed by atoms with Gasteiger partial charge in [-0.15, -0.1) is 11.6 Å². The number of benzene rings is 1. The molecule has 0 aromatic heterocycles. The molecule has 2 aliphatic rings. The maximum atomic E-state index is 12.0. The SMILES string of the molecule is O=C(CCl)N=C1CCC2NC(=O)c3cc(Cl)ccc3N12. The topological polar surface area (TPSA) is 61.8 Å². The van der Waals surface area contributed by atoms with Crippen LogP contribution in [0, 0.1) is 0 Å². The van der Waals surface area contributed by atoms with Crippen molar-refractivity contribution in [3.8, 4) is 0 Å². The van der Waals surface area contributed by atoms with Crippen LogP contribution in [0.1, 0.15) is 23.2 Å². The van der Waals surface area contributed by atoms with Gasteiger partial charge in [-0.25, -0.2) is 0 Å². The van der Waals surface area contributed by atoms with Crippen LogP contribution in [0.25, 0.3) is 0 Å². The van der Waals surface area contributed by atoms with Crippen molar-refractivity contribution in [2.75, 3.05) is 10.8 Å². The standard InChI is InChI=1S/C13H11Cl2N3O2/c14-6-12(19)16-10-3-4-11-17-13(20)8-5-7(15)1-2-9(8)18(10)11/h1-2,5,11H,3-4,6H2,(H,17,20). The first-order valence-corrected chi connectivity index (χ1v) is 7.07. The summed E-state index contributed by atoms with van der Waals surface area (Å²) in [5.41, 5.74) is 1.21. The summed E-state index contributed by atoms with van der Waals surface area (Å²) >= 11 is 11.4. The van der Waals surface area contributed by atoms with Gasteiger partial charge in [0.15, 0.2) is 0 Å². The number of rotatable bonds is 1. The predicted molar refractivity (Wildman–Crippen MR) is 77.6 cm³/mol. The number of fused-ring (bicyclic) bond motifs is 3. The number of carbonyl (C=O) groups is 2. The average molecular weight is 312 g/mol. The smallest absolute Gasteiger partial charge is 0.262 e. The number of nitrogens with one attached hydrogen (secondary N) is 1. The van der Waals surface area contributed by atoms with Gasteiger partial charge < -0.3 is 10.2 Å². The maximum absolute atomic E-state index is 12.0. The van der Waals surface area contributed by atoms with Crippen LogP contribution in [0.3, 0.4) is 0 Å². The molecule has 1 fully saturated rings. The van der Waals surface area contributed by atoms with Gasteiger partial charge in [0.25, 0.3) is 11.8 Å². The van der Waals surface area contributed by atoms with Gasteiger partial charge in [0.1, 0.15) is 17.9 Å². The van der Waals surface area contributed by atoms with Crippen LogP contribution in [0.5, 0.6) is 0 Å². The molecule has 0 aliphatic carbocycles. The molecular weight excluding hydrogens is 301 g/mol. The normalized spacial score (nSPS) is 22.5. The highest BCUT2D eigenvalue weighted by Gasteiger charge is 2.38. The minimum Gasteiger partial charge on any atom is -0.331 e. The second-order valence-corrected chi connectivity index (χ2v) is 5.32. The minimum atomic E-state index is -0.380. The Kier molecular flexibility index (Phi) is 3.40. The molecule has 1 aromatic rings. The number of carbonyl (C=O) groups excluding carboxylic acids is 2. The largest absolute Gasteiger partial charge is 0.331 e. The first-order valence-electron chi connectivity index (χ1n) is 6.16. The summed E-state index contributed by atoms with van der Waals surface area (Å²) in [4.78, 5) is 29.3. The van der Waals surface area contributed by atoms with E-state index in [2.05, 4.69) is 10.3 Å². The molecule has 2 amide bonds. The van der Waals surface area contributed by atoms with E-state index >= 15 is 0 Å². The van der Waals surface area contributed by atoms with Crippen molar-refractivity contribution in [2.24, 2.45) is 4.99 Å². The summed E-state index contributed by atoms with van der Waals surface area (Å²) in [6, 6.07) is 5.10. The van der Waals surface area contributed by atoms with Gasteiger partial charge in [0.2, 0.25) is 0 Å². The van der Waals surface area contributed by atoms with Gasteiger partial charge in [-0.05, 0) is 24.6 Å². The lowest BCUT2D eigenvalue weighted by Gasteiger charge is -2.33. The monoisotopic (exact) mass is 311 g/mol. The molecule has 0 radical (unpaired) electrons. The van der Waals surface area contributed by atoms with E-state index in [1.165, 1.54) is 0 Å². The molecule has 0 saturated carbocycles. The van der Waals surface area contributed by atoms with Crippen molar-refractivity contribution in [3.63, 3.8) is 0 Å². The van der Waals surface area contributed by atoms with Crippen molar-refractivity contribution < 1.29 is 9.59 Å². The Morgan fingerprint density at radius 2 is 2.30 bits per heavy atom. The van der Waals surface area contributed by atoms with Crippen LogP contribution in [-0.2, 0) is 4.79 Å². The zero-order valence-corrected chi connectivity index (χ0v) is 11.9. The van der Waals surface area contributed by atoms with Crippen molar-refractivity contribution in [3.05, 3.63) is 28.8 Å². The fourth-order valence-electron chi connectivity index (χ4n) is 2.55. The summed E-state index contributed by atoms with van der Waals surface area (Å²) in [7, 11) is 0. The van der Waals surface area contributed by atoms with Crippen molar-refractivity contribution >= 4 is 46.5 Å². The van der Waals surface area contributed by atoms with E-state index in [4.69, 9.17) is 23.2 Å². The number of aliphatic imine (C=N–C) groups is 1. The number of hydrogen-bond donors (Lipinski definition) is 1. The number of amidine groups is 1. The Morgan fingerprint density at radius 1 is 1.50 bits per heavy atom. The van der Waals surface area contributed by atoms with Crippen LogP contribution >= 0.6 is 23.2 Å². The molecule has 0 bridgehead atoms. The molecule has 1 unspecified atom stereocenters. The molecule has 1 aromatic carbocycles. The summed E-state index contributed by atoms with van der Waals surface area (Å²) in [5.74, 6) is -0.0606. The van der Waals surface area contributed by atoms with Crippen LogP contribution in [0.2, 0.25) is 5.02 Å². The fraction of sp³-hybridized carbons (Fsp3) is 0.308. The van der Waals surface area contributed by atoms with Crippen LogP contribution in [0.15, 0.2) is 23.2 Å². The van der Waals surface area contributed by atoms with Gasteiger partial charge in [0.05, 0.1) is 11.3 Å². The Hall–Kier alpha value is -1.59. The van der Waals surface area contributed by atoms with Crippen molar-refractivity contribution in [2.45, 2.75) is 19.0 Å². The van der Waals surface area contributed by atoms with Gasteiger partial charge in [-0.1, -0.05) is 11.6 Å².